The van der Waals surface area contributed by atoms with Crippen molar-refractivity contribution in [2.45, 2.75) is 19.4 Å². The maximum Gasteiger partial charge on any atom is 0.0843 e. The highest BCUT2D eigenvalue weighted by molar-refractivity contribution is 9.13. The van der Waals surface area contributed by atoms with Gasteiger partial charge in [-0.2, -0.15) is 0 Å². The molecule has 2 heterocycles. The van der Waals surface area contributed by atoms with E-state index in [0.717, 1.165) is 17.6 Å². The molecule has 0 saturated carbocycles. The van der Waals surface area contributed by atoms with E-state index in [1.54, 1.807) is 0 Å². The summed E-state index contributed by atoms with van der Waals surface area (Å²) < 4.78 is 2.34. The predicted molar refractivity (Wildman–Crippen MR) is 76.9 cm³/mol. The number of rotatable bonds is 3. The lowest BCUT2D eigenvalue weighted by Gasteiger charge is -2.25. The second-order valence-electron chi connectivity index (χ2n) is 4.13. The van der Waals surface area contributed by atoms with E-state index in [9.17, 15) is 0 Å². The number of hydrogen-bond acceptors (Lipinski definition) is 3. The summed E-state index contributed by atoms with van der Waals surface area (Å²) in [4.78, 5) is 3.95. The first-order chi connectivity index (χ1) is 7.67. The zero-order valence-corrected chi connectivity index (χ0v) is 13.2. The highest BCUT2D eigenvalue weighted by Gasteiger charge is 2.34. The van der Waals surface area contributed by atoms with Gasteiger partial charge < -0.3 is 5.73 Å². The van der Waals surface area contributed by atoms with Crippen LogP contribution in [0.3, 0.4) is 0 Å². The van der Waals surface area contributed by atoms with Crippen LogP contribution in [0.2, 0.25) is 0 Å². The normalized spacial score (nSPS) is 26.5. The SMILES string of the molecule is CCN1CCC(CN)C1c1cc(Br)c(Br)s1. The molecule has 2 N–H and O–H groups in total. The van der Waals surface area contributed by atoms with Crippen LogP contribution in [-0.2, 0) is 0 Å². The van der Waals surface area contributed by atoms with E-state index in [1.807, 2.05) is 11.3 Å². The van der Waals surface area contributed by atoms with E-state index in [4.69, 9.17) is 5.73 Å². The third-order valence-electron chi connectivity index (χ3n) is 3.29. The van der Waals surface area contributed by atoms with Gasteiger partial charge in [0.2, 0.25) is 0 Å². The van der Waals surface area contributed by atoms with Gasteiger partial charge in [0.25, 0.3) is 0 Å². The lowest BCUT2D eigenvalue weighted by atomic mass is 9.99. The molecule has 1 aromatic rings. The molecule has 2 unspecified atom stereocenters. The monoisotopic (exact) mass is 366 g/mol. The molecule has 16 heavy (non-hydrogen) atoms. The fraction of sp³-hybridized carbons (Fsp3) is 0.636. The minimum absolute atomic E-state index is 0.516. The molecule has 0 amide bonds. The molecule has 1 saturated heterocycles. The van der Waals surface area contributed by atoms with E-state index in [-0.39, 0.29) is 0 Å². The molecule has 1 fully saturated rings. The molecule has 1 aliphatic rings. The Balaban J connectivity index is 2.28. The summed E-state index contributed by atoms with van der Waals surface area (Å²) in [5, 5.41) is 0. The van der Waals surface area contributed by atoms with Crippen molar-refractivity contribution in [2.24, 2.45) is 11.7 Å². The second-order valence-corrected chi connectivity index (χ2v) is 7.38. The fourth-order valence-electron chi connectivity index (χ4n) is 2.45. The van der Waals surface area contributed by atoms with E-state index in [0.29, 0.717) is 12.0 Å². The van der Waals surface area contributed by atoms with Crippen molar-refractivity contribution in [1.82, 2.24) is 4.90 Å². The van der Waals surface area contributed by atoms with Crippen LogP contribution in [0.15, 0.2) is 14.3 Å². The number of nitrogens with two attached hydrogens (primary N) is 1. The molecular formula is C11H16Br2N2S. The lowest BCUT2D eigenvalue weighted by Crippen LogP contribution is -2.27. The van der Waals surface area contributed by atoms with Gasteiger partial charge in [0.1, 0.15) is 0 Å². The van der Waals surface area contributed by atoms with E-state index >= 15 is 0 Å². The molecule has 2 rings (SSSR count). The van der Waals surface area contributed by atoms with E-state index < -0.39 is 0 Å². The summed E-state index contributed by atoms with van der Waals surface area (Å²) in [7, 11) is 0. The Bertz CT molecular complexity index is 335. The molecule has 2 nitrogen and oxygen atoms in total. The van der Waals surface area contributed by atoms with Gasteiger partial charge in [-0.1, -0.05) is 6.92 Å². The fourth-order valence-corrected chi connectivity index (χ4v) is 4.77. The molecule has 0 bridgehead atoms. The van der Waals surface area contributed by atoms with Crippen LogP contribution < -0.4 is 5.73 Å². The zero-order valence-electron chi connectivity index (χ0n) is 9.25. The van der Waals surface area contributed by atoms with Crippen molar-refractivity contribution in [3.63, 3.8) is 0 Å². The average Bonchev–Trinajstić information content (AvgIpc) is 2.82. The molecule has 1 aliphatic heterocycles. The maximum absolute atomic E-state index is 5.88. The summed E-state index contributed by atoms with van der Waals surface area (Å²) in [6, 6.07) is 2.75. The Kier molecular flexibility index (Phi) is 4.46. The van der Waals surface area contributed by atoms with E-state index in [2.05, 4.69) is 49.7 Å². The van der Waals surface area contributed by atoms with Crippen molar-refractivity contribution in [1.29, 1.82) is 0 Å². The summed E-state index contributed by atoms with van der Waals surface area (Å²) >= 11 is 8.95. The highest BCUT2D eigenvalue weighted by atomic mass is 79.9. The molecule has 0 aliphatic carbocycles. The van der Waals surface area contributed by atoms with Crippen LogP contribution in [0.4, 0.5) is 0 Å². The van der Waals surface area contributed by atoms with Crippen molar-refractivity contribution >= 4 is 43.2 Å². The van der Waals surface area contributed by atoms with Crippen molar-refractivity contribution in [3.8, 4) is 0 Å². The Morgan fingerprint density at radius 2 is 2.31 bits per heavy atom. The Labute approximate surface area is 117 Å². The molecule has 2 atom stereocenters. The third kappa shape index (κ3) is 2.38. The van der Waals surface area contributed by atoms with Crippen molar-refractivity contribution < 1.29 is 0 Å². The van der Waals surface area contributed by atoms with Crippen molar-refractivity contribution in [3.05, 3.63) is 19.2 Å². The van der Waals surface area contributed by atoms with Gasteiger partial charge in [-0.15, -0.1) is 11.3 Å². The molecular weight excluding hydrogens is 352 g/mol. The molecule has 0 spiro atoms. The standard InChI is InChI=1S/C11H16Br2N2S/c1-2-15-4-3-7(6-14)10(15)9-5-8(12)11(13)16-9/h5,7,10H,2-4,6,14H2,1H3. The molecule has 0 aromatic carbocycles. The molecule has 1 aromatic heterocycles. The van der Waals surface area contributed by atoms with Gasteiger partial charge in [0.15, 0.2) is 0 Å². The maximum atomic E-state index is 5.88. The molecule has 5 heteroatoms. The van der Waals surface area contributed by atoms with Crippen LogP contribution in [0.5, 0.6) is 0 Å². The first-order valence-electron chi connectivity index (χ1n) is 5.56. The van der Waals surface area contributed by atoms with Gasteiger partial charge in [-0.25, -0.2) is 0 Å². The first-order valence-corrected chi connectivity index (χ1v) is 7.96. The Morgan fingerprint density at radius 3 is 2.81 bits per heavy atom. The largest absolute Gasteiger partial charge is 0.330 e. The molecule has 0 radical (unpaired) electrons. The second kappa shape index (κ2) is 5.48. The highest BCUT2D eigenvalue weighted by Crippen LogP contribution is 2.43. The zero-order chi connectivity index (χ0) is 11.7. The van der Waals surface area contributed by atoms with Crippen molar-refractivity contribution in [2.75, 3.05) is 19.6 Å². The number of hydrogen-bond donors (Lipinski definition) is 1. The third-order valence-corrected chi connectivity index (χ3v) is 6.62. The van der Waals surface area contributed by atoms with Gasteiger partial charge in [-0.3, -0.25) is 4.90 Å². The van der Waals surface area contributed by atoms with Crippen LogP contribution in [0.25, 0.3) is 0 Å². The number of thiophene rings is 1. The number of halogens is 2. The topological polar surface area (TPSA) is 29.3 Å². The van der Waals surface area contributed by atoms with Crippen LogP contribution in [-0.4, -0.2) is 24.5 Å². The van der Waals surface area contributed by atoms with Gasteiger partial charge >= 0.3 is 0 Å². The Hall–Kier alpha value is 0.580. The summed E-state index contributed by atoms with van der Waals surface area (Å²) in [5.41, 5.74) is 5.88. The minimum Gasteiger partial charge on any atom is -0.330 e. The smallest absolute Gasteiger partial charge is 0.0843 e. The van der Waals surface area contributed by atoms with E-state index in [1.165, 1.54) is 21.6 Å². The number of nitrogens with zero attached hydrogens (tertiary/aromatic N) is 1. The van der Waals surface area contributed by atoms with Crippen LogP contribution in [0.1, 0.15) is 24.3 Å². The van der Waals surface area contributed by atoms with Gasteiger partial charge in [-0.05, 0) is 69.9 Å². The van der Waals surface area contributed by atoms with Crippen LogP contribution >= 0.6 is 43.2 Å². The summed E-state index contributed by atoms with van der Waals surface area (Å²) in [5.74, 6) is 0.609. The Morgan fingerprint density at radius 1 is 1.56 bits per heavy atom. The van der Waals surface area contributed by atoms with Crippen LogP contribution in [0, 0.1) is 5.92 Å². The lowest BCUT2D eigenvalue weighted by molar-refractivity contribution is 0.245. The van der Waals surface area contributed by atoms with Gasteiger partial charge in [0.05, 0.1) is 3.79 Å². The summed E-state index contributed by atoms with van der Waals surface area (Å²) in [6.07, 6.45) is 1.22. The predicted octanol–water partition coefficient (Wildman–Crippen LogP) is 3.61. The average molecular weight is 368 g/mol. The summed E-state index contributed by atoms with van der Waals surface area (Å²) in [6.45, 7) is 5.29. The first kappa shape index (κ1) is 13.0. The minimum atomic E-state index is 0.516. The quantitative estimate of drug-likeness (QED) is 0.883. The number of likely N-dealkylation sites (tertiary alicyclic amines) is 1. The van der Waals surface area contributed by atoms with Gasteiger partial charge in [0, 0.05) is 15.4 Å². The molecule has 90 valence electrons.